The minimum absolute atomic E-state index is 0.267. The second-order valence-corrected chi connectivity index (χ2v) is 4.87. The van der Waals surface area contributed by atoms with Crippen molar-refractivity contribution >= 4 is 11.6 Å². The van der Waals surface area contributed by atoms with E-state index in [-0.39, 0.29) is 5.75 Å². The standard InChI is InChI=1S/C18H16N2O/c1-20-12-11-19-18(20)13-17(14-5-3-2-4-6-14)15-7-9-16(21)10-8-15/h2-13,21H,1H3/b17-13+. The molecule has 104 valence electrons. The van der Waals surface area contributed by atoms with Gasteiger partial charge in [0, 0.05) is 19.4 Å². The molecule has 3 rings (SSSR count). The van der Waals surface area contributed by atoms with Gasteiger partial charge in [-0.05, 0) is 34.9 Å². The molecule has 0 unspecified atom stereocenters. The number of aromatic nitrogens is 2. The highest BCUT2D eigenvalue weighted by molar-refractivity contribution is 5.90. The van der Waals surface area contributed by atoms with E-state index in [1.165, 1.54) is 0 Å². The van der Waals surface area contributed by atoms with Crippen molar-refractivity contribution in [2.24, 2.45) is 7.05 Å². The summed E-state index contributed by atoms with van der Waals surface area (Å²) in [5, 5.41) is 9.47. The van der Waals surface area contributed by atoms with Crippen LogP contribution in [-0.4, -0.2) is 14.7 Å². The van der Waals surface area contributed by atoms with Gasteiger partial charge in [-0.2, -0.15) is 0 Å². The fourth-order valence-corrected chi connectivity index (χ4v) is 2.24. The first-order chi connectivity index (χ1) is 10.2. The number of nitrogens with zero attached hydrogens (tertiary/aromatic N) is 2. The van der Waals surface area contributed by atoms with Crippen molar-refractivity contribution in [3.05, 3.63) is 83.9 Å². The fourth-order valence-electron chi connectivity index (χ4n) is 2.24. The maximum atomic E-state index is 9.47. The lowest BCUT2D eigenvalue weighted by molar-refractivity contribution is 0.475. The number of rotatable bonds is 3. The zero-order valence-electron chi connectivity index (χ0n) is 11.8. The van der Waals surface area contributed by atoms with Gasteiger partial charge in [0.15, 0.2) is 0 Å². The molecule has 0 amide bonds. The quantitative estimate of drug-likeness (QED) is 0.791. The Hall–Kier alpha value is -2.81. The predicted molar refractivity (Wildman–Crippen MR) is 84.7 cm³/mol. The number of phenols is 1. The van der Waals surface area contributed by atoms with Crippen LogP contribution in [-0.2, 0) is 7.05 Å². The van der Waals surface area contributed by atoms with Crippen LogP contribution in [0.15, 0.2) is 67.0 Å². The van der Waals surface area contributed by atoms with Crippen LogP contribution in [0.25, 0.3) is 11.6 Å². The average Bonchev–Trinajstić information content (AvgIpc) is 2.92. The second-order valence-electron chi connectivity index (χ2n) is 4.87. The SMILES string of the molecule is Cn1ccnc1/C=C(\c1ccccc1)c1ccc(O)cc1. The second kappa shape index (κ2) is 5.67. The molecule has 3 aromatic rings. The summed E-state index contributed by atoms with van der Waals surface area (Å²) in [6.45, 7) is 0. The first kappa shape index (κ1) is 13.2. The number of hydrogen-bond acceptors (Lipinski definition) is 2. The Balaban J connectivity index is 2.14. The Bertz CT molecular complexity index is 755. The van der Waals surface area contributed by atoms with Crippen molar-refractivity contribution in [2.75, 3.05) is 0 Å². The minimum Gasteiger partial charge on any atom is -0.508 e. The van der Waals surface area contributed by atoms with E-state index >= 15 is 0 Å². The molecule has 0 atom stereocenters. The number of hydrogen-bond donors (Lipinski definition) is 1. The summed E-state index contributed by atoms with van der Waals surface area (Å²) in [6.07, 6.45) is 5.76. The summed E-state index contributed by atoms with van der Waals surface area (Å²) in [7, 11) is 1.97. The van der Waals surface area contributed by atoms with Crippen molar-refractivity contribution < 1.29 is 5.11 Å². The van der Waals surface area contributed by atoms with Crippen LogP contribution in [0, 0.1) is 0 Å². The van der Waals surface area contributed by atoms with Crippen LogP contribution in [0.4, 0.5) is 0 Å². The van der Waals surface area contributed by atoms with Crippen LogP contribution >= 0.6 is 0 Å². The van der Waals surface area contributed by atoms with E-state index in [9.17, 15) is 5.11 Å². The summed E-state index contributed by atoms with van der Waals surface area (Å²) in [4.78, 5) is 4.36. The lowest BCUT2D eigenvalue weighted by atomic mass is 9.97. The van der Waals surface area contributed by atoms with Crippen LogP contribution in [0.5, 0.6) is 5.75 Å². The normalized spacial score (nSPS) is 11.6. The highest BCUT2D eigenvalue weighted by Gasteiger charge is 2.07. The monoisotopic (exact) mass is 276 g/mol. The molecule has 0 aliphatic carbocycles. The molecule has 0 bridgehead atoms. The van der Waals surface area contributed by atoms with E-state index in [1.807, 2.05) is 48.1 Å². The number of aryl methyl sites for hydroxylation is 1. The smallest absolute Gasteiger partial charge is 0.132 e. The maximum Gasteiger partial charge on any atom is 0.132 e. The molecule has 0 saturated carbocycles. The molecule has 0 radical (unpaired) electrons. The molecule has 0 aliphatic rings. The average molecular weight is 276 g/mol. The van der Waals surface area contributed by atoms with Gasteiger partial charge in [0.2, 0.25) is 0 Å². The van der Waals surface area contributed by atoms with Gasteiger partial charge in [0.05, 0.1) is 0 Å². The number of benzene rings is 2. The third-order valence-corrected chi connectivity index (χ3v) is 3.39. The molecule has 3 heteroatoms. The van der Waals surface area contributed by atoms with Gasteiger partial charge >= 0.3 is 0 Å². The first-order valence-corrected chi connectivity index (χ1v) is 6.78. The van der Waals surface area contributed by atoms with Gasteiger partial charge in [-0.25, -0.2) is 4.98 Å². The first-order valence-electron chi connectivity index (χ1n) is 6.78. The Labute approximate surface area is 123 Å². The van der Waals surface area contributed by atoms with Crippen molar-refractivity contribution in [2.45, 2.75) is 0 Å². The van der Waals surface area contributed by atoms with Crippen LogP contribution < -0.4 is 0 Å². The zero-order valence-corrected chi connectivity index (χ0v) is 11.8. The van der Waals surface area contributed by atoms with Crippen molar-refractivity contribution in [3.8, 4) is 5.75 Å². The van der Waals surface area contributed by atoms with E-state index < -0.39 is 0 Å². The van der Waals surface area contributed by atoms with Gasteiger partial charge < -0.3 is 9.67 Å². The van der Waals surface area contributed by atoms with Gasteiger partial charge in [-0.15, -0.1) is 0 Å². The lowest BCUT2D eigenvalue weighted by Gasteiger charge is -2.09. The highest BCUT2D eigenvalue weighted by atomic mass is 16.3. The molecule has 1 heterocycles. The number of imidazole rings is 1. The van der Waals surface area contributed by atoms with Crippen molar-refractivity contribution in [1.82, 2.24) is 9.55 Å². The molecule has 2 aromatic carbocycles. The van der Waals surface area contributed by atoms with Gasteiger partial charge in [-0.1, -0.05) is 42.5 Å². The Kier molecular flexibility index (Phi) is 3.56. The number of aromatic hydroxyl groups is 1. The molecule has 0 aliphatic heterocycles. The van der Waals surface area contributed by atoms with Gasteiger partial charge in [0.1, 0.15) is 11.6 Å². The summed E-state index contributed by atoms with van der Waals surface area (Å²) < 4.78 is 1.98. The lowest BCUT2D eigenvalue weighted by Crippen LogP contribution is -1.93. The molecular weight excluding hydrogens is 260 g/mol. The third-order valence-electron chi connectivity index (χ3n) is 3.39. The molecule has 0 spiro atoms. The summed E-state index contributed by atoms with van der Waals surface area (Å²) in [5.41, 5.74) is 3.23. The third kappa shape index (κ3) is 2.87. The highest BCUT2D eigenvalue weighted by Crippen LogP contribution is 2.26. The predicted octanol–water partition coefficient (Wildman–Crippen LogP) is 3.71. The minimum atomic E-state index is 0.267. The Morgan fingerprint density at radius 1 is 1.00 bits per heavy atom. The Morgan fingerprint density at radius 2 is 1.67 bits per heavy atom. The van der Waals surface area contributed by atoms with Gasteiger partial charge in [0.25, 0.3) is 0 Å². The van der Waals surface area contributed by atoms with E-state index in [4.69, 9.17) is 0 Å². The van der Waals surface area contributed by atoms with E-state index in [1.54, 1.807) is 18.3 Å². The summed E-state index contributed by atoms with van der Waals surface area (Å²) in [5.74, 6) is 1.16. The van der Waals surface area contributed by atoms with Crippen molar-refractivity contribution in [3.63, 3.8) is 0 Å². The van der Waals surface area contributed by atoms with E-state index in [0.717, 1.165) is 22.5 Å². The van der Waals surface area contributed by atoms with E-state index in [0.29, 0.717) is 0 Å². The van der Waals surface area contributed by atoms with Gasteiger partial charge in [-0.3, -0.25) is 0 Å². The molecule has 1 N–H and O–H groups in total. The summed E-state index contributed by atoms with van der Waals surface area (Å²) in [6, 6.07) is 17.4. The number of phenolic OH excluding ortho intramolecular Hbond substituents is 1. The maximum absolute atomic E-state index is 9.47. The van der Waals surface area contributed by atoms with Crippen LogP contribution in [0.3, 0.4) is 0 Å². The topological polar surface area (TPSA) is 38.0 Å². The zero-order chi connectivity index (χ0) is 14.7. The molecule has 1 aromatic heterocycles. The van der Waals surface area contributed by atoms with Crippen LogP contribution in [0.1, 0.15) is 17.0 Å². The molecule has 3 nitrogen and oxygen atoms in total. The molecular formula is C18H16N2O. The largest absolute Gasteiger partial charge is 0.508 e. The molecule has 0 saturated heterocycles. The molecule has 21 heavy (non-hydrogen) atoms. The van der Waals surface area contributed by atoms with Crippen molar-refractivity contribution in [1.29, 1.82) is 0 Å². The fraction of sp³-hybridized carbons (Fsp3) is 0.0556. The molecule has 0 fully saturated rings. The van der Waals surface area contributed by atoms with Crippen LogP contribution in [0.2, 0.25) is 0 Å². The summed E-state index contributed by atoms with van der Waals surface area (Å²) >= 11 is 0. The Morgan fingerprint density at radius 3 is 2.29 bits per heavy atom. The van der Waals surface area contributed by atoms with E-state index in [2.05, 4.69) is 23.2 Å².